The topological polar surface area (TPSA) is 60.8 Å². The molecule has 1 heterocycles. The molecular formula is C17H25NO3. The molecule has 1 aliphatic heterocycles. The molecule has 0 aromatic heterocycles. The molecule has 2 rings (SSSR count). The van der Waals surface area contributed by atoms with Gasteiger partial charge in [-0.25, -0.2) is 0 Å². The Bertz CT molecular complexity index is 493. The van der Waals surface area contributed by atoms with Gasteiger partial charge in [-0.2, -0.15) is 0 Å². The summed E-state index contributed by atoms with van der Waals surface area (Å²) < 4.78 is 0. The van der Waals surface area contributed by atoms with Crippen molar-refractivity contribution in [2.24, 2.45) is 0 Å². The number of aryl methyl sites for hydroxylation is 1. The van der Waals surface area contributed by atoms with E-state index in [4.69, 9.17) is 0 Å². The van der Waals surface area contributed by atoms with Crippen molar-refractivity contribution in [3.8, 4) is 0 Å². The summed E-state index contributed by atoms with van der Waals surface area (Å²) >= 11 is 0. The molecule has 0 aliphatic carbocycles. The lowest BCUT2D eigenvalue weighted by atomic mass is 9.97. The molecule has 4 nitrogen and oxygen atoms in total. The summed E-state index contributed by atoms with van der Waals surface area (Å²) in [7, 11) is 0. The molecule has 0 radical (unpaired) electrons. The molecule has 1 fully saturated rings. The van der Waals surface area contributed by atoms with Gasteiger partial charge in [0.1, 0.15) is 0 Å². The number of benzene rings is 1. The molecule has 1 aliphatic rings. The fraction of sp³-hybridized carbons (Fsp3) is 0.588. The maximum absolute atomic E-state index is 12.5. The maximum Gasteiger partial charge on any atom is 0.253 e. The van der Waals surface area contributed by atoms with Crippen LogP contribution < -0.4 is 0 Å². The van der Waals surface area contributed by atoms with Crippen LogP contribution in [0.4, 0.5) is 0 Å². The highest BCUT2D eigenvalue weighted by Gasteiger charge is 2.23. The van der Waals surface area contributed by atoms with Gasteiger partial charge in [-0.05, 0) is 57.2 Å². The molecule has 116 valence electrons. The number of piperidine rings is 1. The smallest absolute Gasteiger partial charge is 0.253 e. The van der Waals surface area contributed by atoms with Crippen LogP contribution in [0.3, 0.4) is 0 Å². The van der Waals surface area contributed by atoms with Crippen molar-refractivity contribution in [3.63, 3.8) is 0 Å². The maximum atomic E-state index is 12.5. The van der Waals surface area contributed by atoms with Gasteiger partial charge in [-0.3, -0.25) is 4.79 Å². The van der Waals surface area contributed by atoms with Crippen molar-refractivity contribution in [2.75, 3.05) is 13.1 Å². The third-order valence-electron chi connectivity index (χ3n) is 3.88. The molecule has 0 bridgehead atoms. The van der Waals surface area contributed by atoms with Crippen LogP contribution in [-0.2, 0) is 6.42 Å². The fourth-order valence-electron chi connectivity index (χ4n) is 2.63. The number of carbonyl (C=O) groups excluding carboxylic acids is 1. The summed E-state index contributed by atoms with van der Waals surface area (Å²) in [6.45, 7) is 4.71. The van der Waals surface area contributed by atoms with Gasteiger partial charge in [0.05, 0.1) is 11.7 Å². The van der Waals surface area contributed by atoms with Crippen LogP contribution in [0.2, 0.25) is 0 Å². The highest BCUT2D eigenvalue weighted by Crippen LogP contribution is 2.17. The first-order valence-electron chi connectivity index (χ1n) is 7.64. The second-order valence-electron chi connectivity index (χ2n) is 6.56. The average molecular weight is 291 g/mol. The van der Waals surface area contributed by atoms with Crippen LogP contribution in [0.5, 0.6) is 0 Å². The van der Waals surface area contributed by atoms with E-state index in [1.807, 2.05) is 24.3 Å². The van der Waals surface area contributed by atoms with E-state index in [1.54, 1.807) is 18.7 Å². The van der Waals surface area contributed by atoms with Gasteiger partial charge in [0.25, 0.3) is 5.91 Å². The Kier molecular flexibility index (Phi) is 5.01. The van der Waals surface area contributed by atoms with Crippen molar-refractivity contribution in [1.82, 2.24) is 4.90 Å². The summed E-state index contributed by atoms with van der Waals surface area (Å²) in [6.07, 6.45) is 2.63. The fourth-order valence-corrected chi connectivity index (χ4v) is 2.63. The molecule has 4 heteroatoms. The Balaban J connectivity index is 2.04. The van der Waals surface area contributed by atoms with E-state index in [1.165, 1.54) is 0 Å². The van der Waals surface area contributed by atoms with Crippen molar-refractivity contribution >= 4 is 5.91 Å². The third kappa shape index (κ3) is 4.83. The normalized spacial score (nSPS) is 19.6. The number of aliphatic hydroxyl groups is 2. The number of hydrogen-bond donors (Lipinski definition) is 2. The lowest BCUT2D eigenvalue weighted by Gasteiger charge is -2.30. The van der Waals surface area contributed by atoms with Crippen molar-refractivity contribution < 1.29 is 15.0 Å². The number of aliphatic hydroxyl groups excluding tert-OH is 1. The summed E-state index contributed by atoms with van der Waals surface area (Å²) in [4.78, 5) is 14.2. The summed E-state index contributed by atoms with van der Waals surface area (Å²) in [5.74, 6) is -0.0149. The predicted molar refractivity (Wildman–Crippen MR) is 82.2 cm³/mol. The van der Waals surface area contributed by atoms with E-state index in [9.17, 15) is 15.0 Å². The van der Waals surface area contributed by atoms with Crippen LogP contribution in [0.15, 0.2) is 24.3 Å². The number of hydrogen-bond acceptors (Lipinski definition) is 3. The van der Waals surface area contributed by atoms with Gasteiger partial charge in [-0.1, -0.05) is 12.1 Å². The number of likely N-dealkylation sites (tertiary alicyclic amines) is 1. The second-order valence-corrected chi connectivity index (χ2v) is 6.56. The molecule has 0 spiro atoms. The molecule has 2 N–H and O–H groups in total. The highest BCUT2D eigenvalue weighted by atomic mass is 16.3. The molecule has 1 aromatic rings. The molecular weight excluding hydrogens is 266 g/mol. The van der Waals surface area contributed by atoms with E-state index < -0.39 is 11.7 Å². The number of rotatable bonds is 4. The number of nitrogens with zero attached hydrogens (tertiary/aromatic N) is 1. The first kappa shape index (κ1) is 16.0. The van der Waals surface area contributed by atoms with Crippen molar-refractivity contribution in [1.29, 1.82) is 0 Å². The molecule has 1 unspecified atom stereocenters. The Morgan fingerprint density at radius 2 is 2.19 bits per heavy atom. The standard InChI is InChI=1S/C17H25NO3/c1-17(2,21)9-8-13-5-3-6-14(11-13)16(20)18-10-4-7-15(19)12-18/h3,5-6,11,15,19,21H,4,7-10,12H2,1-2H3. The molecule has 1 atom stereocenters. The second kappa shape index (κ2) is 6.58. The Morgan fingerprint density at radius 3 is 2.86 bits per heavy atom. The van der Waals surface area contributed by atoms with E-state index in [2.05, 4.69) is 0 Å². The number of amides is 1. The highest BCUT2D eigenvalue weighted by molar-refractivity contribution is 5.94. The van der Waals surface area contributed by atoms with Gasteiger partial charge < -0.3 is 15.1 Å². The lowest BCUT2D eigenvalue weighted by Crippen LogP contribution is -2.42. The first-order valence-corrected chi connectivity index (χ1v) is 7.64. The minimum Gasteiger partial charge on any atom is -0.391 e. The zero-order chi connectivity index (χ0) is 15.5. The zero-order valence-corrected chi connectivity index (χ0v) is 12.9. The molecule has 0 saturated carbocycles. The number of β-amino-alcohol motifs (C(OH)–C–C–N with tert-alkyl or cyclic N) is 1. The predicted octanol–water partition coefficient (Wildman–Crippen LogP) is 1.99. The van der Waals surface area contributed by atoms with Gasteiger partial charge in [0.2, 0.25) is 0 Å². The van der Waals surface area contributed by atoms with Crippen LogP contribution in [0.25, 0.3) is 0 Å². The van der Waals surface area contributed by atoms with Gasteiger partial charge in [-0.15, -0.1) is 0 Å². The summed E-state index contributed by atoms with van der Waals surface area (Å²) in [5, 5.41) is 19.5. The Morgan fingerprint density at radius 1 is 1.43 bits per heavy atom. The molecule has 1 saturated heterocycles. The largest absolute Gasteiger partial charge is 0.391 e. The minimum absolute atomic E-state index is 0.0149. The first-order chi connectivity index (χ1) is 9.85. The third-order valence-corrected chi connectivity index (χ3v) is 3.88. The monoisotopic (exact) mass is 291 g/mol. The lowest BCUT2D eigenvalue weighted by molar-refractivity contribution is 0.0473. The van der Waals surface area contributed by atoms with E-state index >= 15 is 0 Å². The quantitative estimate of drug-likeness (QED) is 0.892. The van der Waals surface area contributed by atoms with Crippen molar-refractivity contribution in [3.05, 3.63) is 35.4 Å². The SMILES string of the molecule is CC(C)(O)CCc1cccc(C(=O)N2CCCC(O)C2)c1. The van der Waals surface area contributed by atoms with Crippen LogP contribution in [-0.4, -0.2) is 45.8 Å². The van der Waals surface area contributed by atoms with Crippen LogP contribution in [0, 0.1) is 0 Å². The summed E-state index contributed by atoms with van der Waals surface area (Å²) in [6, 6.07) is 7.58. The van der Waals surface area contributed by atoms with E-state index in [-0.39, 0.29) is 5.91 Å². The molecule has 1 aromatic carbocycles. The van der Waals surface area contributed by atoms with E-state index in [0.29, 0.717) is 25.1 Å². The average Bonchev–Trinajstić information content (AvgIpc) is 2.44. The van der Waals surface area contributed by atoms with Gasteiger partial charge in [0, 0.05) is 18.7 Å². The van der Waals surface area contributed by atoms with Crippen LogP contribution >= 0.6 is 0 Å². The Labute approximate surface area is 126 Å². The molecule has 1 amide bonds. The number of carbonyl (C=O) groups is 1. The van der Waals surface area contributed by atoms with E-state index in [0.717, 1.165) is 24.8 Å². The van der Waals surface area contributed by atoms with Crippen molar-refractivity contribution in [2.45, 2.75) is 51.2 Å². The minimum atomic E-state index is -0.697. The summed E-state index contributed by atoms with van der Waals surface area (Å²) in [5.41, 5.74) is 1.02. The Hall–Kier alpha value is -1.39. The zero-order valence-electron chi connectivity index (χ0n) is 12.9. The van der Waals surface area contributed by atoms with Gasteiger partial charge in [0.15, 0.2) is 0 Å². The molecule has 21 heavy (non-hydrogen) atoms. The van der Waals surface area contributed by atoms with Gasteiger partial charge >= 0.3 is 0 Å². The van der Waals surface area contributed by atoms with Crippen LogP contribution in [0.1, 0.15) is 49.0 Å².